The average Bonchev–Trinajstić information content (AvgIpc) is 2.53. The molecule has 0 aliphatic carbocycles. The number of phenols is 1. The van der Waals surface area contributed by atoms with Crippen LogP contribution in [0.1, 0.15) is 28.4 Å². The number of ether oxygens (including phenoxy) is 1. The lowest BCUT2D eigenvalue weighted by atomic mass is 9.99. The van der Waals surface area contributed by atoms with Crippen LogP contribution in [0, 0.1) is 0 Å². The quantitative estimate of drug-likeness (QED) is 0.636. The van der Waals surface area contributed by atoms with E-state index in [-0.39, 0.29) is 18.2 Å². The minimum atomic E-state index is -4.75. The Bertz CT molecular complexity index is 687. The van der Waals surface area contributed by atoms with E-state index in [0.717, 1.165) is 12.1 Å². The van der Waals surface area contributed by atoms with E-state index < -0.39 is 23.3 Å². The van der Waals surface area contributed by atoms with Crippen molar-refractivity contribution in [3.8, 4) is 5.75 Å². The number of morpholine rings is 1. The Kier molecular flexibility index (Phi) is 6.30. The van der Waals surface area contributed by atoms with E-state index in [0.29, 0.717) is 25.3 Å². The molecular formula is C18H23F3N2O3. The first-order valence-electron chi connectivity index (χ1n) is 8.24. The lowest BCUT2D eigenvalue weighted by molar-refractivity contribution is -0.138. The van der Waals surface area contributed by atoms with Crippen molar-refractivity contribution in [2.45, 2.75) is 25.7 Å². The molecule has 144 valence electrons. The van der Waals surface area contributed by atoms with Crippen LogP contribution in [0.25, 0.3) is 0 Å². The van der Waals surface area contributed by atoms with Gasteiger partial charge in [0.05, 0.1) is 23.8 Å². The molecule has 5 nitrogen and oxygen atoms in total. The molecule has 8 heteroatoms. The summed E-state index contributed by atoms with van der Waals surface area (Å²) in [6, 6.07) is 2.23. The summed E-state index contributed by atoms with van der Waals surface area (Å²) < 4.78 is 45.3. The Labute approximate surface area is 150 Å². The molecule has 0 unspecified atom stereocenters. The molecule has 2 rings (SSSR count). The minimum absolute atomic E-state index is 0.00733. The Morgan fingerprint density at radius 1 is 1.42 bits per heavy atom. The molecule has 1 aliphatic rings. The Morgan fingerprint density at radius 3 is 2.69 bits per heavy atom. The molecule has 1 atom stereocenters. The molecule has 0 spiro atoms. The van der Waals surface area contributed by atoms with Gasteiger partial charge in [0.2, 0.25) is 0 Å². The summed E-state index contributed by atoms with van der Waals surface area (Å²) in [4.78, 5) is 15.8. The van der Waals surface area contributed by atoms with Gasteiger partial charge in [-0.25, -0.2) is 0 Å². The second kappa shape index (κ2) is 8.09. The molecule has 0 radical (unpaired) electrons. The molecule has 1 aromatic rings. The standard InChI is InChI=1S/C18H23F3N2O3/c1-12-10-23(6-7-26-12)11-13-8-14(16(24)4-5-22(2)3)17(25)15(9-13)18(19,20)21/h4-5,8-9,12,25H,6-7,10-11H2,1-3H3/t12-/m1/s1. The van der Waals surface area contributed by atoms with E-state index in [1.807, 2.05) is 11.8 Å². The van der Waals surface area contributed by atoms with Crippen LogP contribution >= 0.6 is 0 Å². The maximum Gasteiger partial charge on any atom is 0.419 e. The fourth-order valence-electron chi connectivity index (χ4n) is 2.79. The second-order valence-corrected chi connectivity index (χ2v) is 6.60. The van der Waals surface area contributed by atoms with Crippen molar-refractivity contribution in [1.29, 1.82) is 0 Å². The third-order valence-electron chi connectivity index (χ3n) is 4.00. The topological polar surface area (TPSA) is 53.0 Å². The number of carbonyl (C=O) groups is 1. The van der Waals surface area contributed by atoms with E-state index >= 15 is 0 Å². The highest BCUT2D eigenvalue weighted by Gasteiger charge is 2.36. The number of hydrogen-bond donors (Lipinski definition) is 1. The summed E-state index contributed by atoms with van der Waals surface area (Å²) in [6.45, 7) is 3.82. The monoisotopic (exact) mass is 372 g/mol. The van der Waals surface area contributed by atoms with Gasteiger partial charge in [-0.2, -0.15) is 13.2 Å². The molecule has 26 heavy (non-hydrogen) atoms. The number of aromatic hydroxyl groups is 1. The smallest absolute Gasteiger partial charge is 0.419 e. The number of halogens is 3. The average molecular weight is 372 g/mol. The van der Waals surface area contributed by atoms with Gasteiger partial charge in [-0.05, 0) is 24.6 Å². The third kappa shape index (κ3) is 5.22. The SMILES string of the molecule is C[C@@H]1CN(Cc2cc(C(=O)C=CN(C)C)c(O)c(C(F)(F)F)c2)CCO1. The zero-order chi connectivity index (χ0) is 19.5. The summed E-state index contributed by atoms with van der Waals surface area (Å²) in [7, 11) is 3.36. The van der Waals surface area contributed by atoms with Crippen molar-refractivity contribution < 1.29 is 27.8 Å². The van der Waals surface area contributed by atoms with Crippen LogP contribution in [0.5, 0.6) is 5.75 Å². The number of alkyl halides is 3. The lowest BCUT2D eigenvalue weighted by Crippen LogP contribution is -2.40. The number of hydrogen-bond acceptors (Lipinski definition) is 5. The fourth-order valence-corrected chi connectivity index (χ4v) is 2.79. The van der Waals surface area contributed by atoms with Crippen LogP contribution in [0.3, 0.4) is 0 Å². The minimum Gasteiger partial charge on any atom is -0.507 e. The zero-order valence-corrected chi connectivity index (χ0v) is 15.0. The van der Waals surface area contributed by atoms with Crippen LogP contribution in [-0.4, -0.2) is 60.6 Å². The first kappa shape index (κ1) is 20.3. The zero-order valence-electron chi connectivity index (χ0n) is 15.0. The van der Waals surface area contributed by atoms with Gasteiger partial charge >= 0.3 is 6.18 Å². The molecule has 1 saturated heterocycles. The molecule has 1 fully saturated rings. The van der Waals surface area contributed by atoms with Crippen LogP contribution in [-0.2, 0) is 17.5 Å². The number of allylic oxidation sites excluding steroid dienone is 1. The maximum absolute atomic E-state index is 13.3. The predicted octanol–water partition coefficient (Wildman–Crippen LogP) is 2.89. The van der Waals surface area contributed by atoms with Crippen LogP contribution in [0.4, 0.5) is 13.2 Å². The molecule has 0 aromatic heterocycles. The normalized spacial score (nSPS) is 19.1. The highest BCUT2D eigenvalue weighted by molar-refractivity contribution is 6.06. The summed E-state index contributed by atoms with van der Waals surface area (Å²) in [5.41, 5.74) is -1.22. The molecular weight excluding hydrogens is 349 g/mol. The molecule has 1 aromatic carbocycles. The van der Waals surface area contributed by atoms with Crippen LogP contribution < -0.4 is 0 Å². The highest BCUT2D eigenvalue weighted by atomic mass is 19.4. The Hall–Kier alpha value is -2.06. The summed E-state index contributed by atoms with van der Waals surface area (Å²) in [6.07, 6.45) is -2.20. The van der Waals surface area contributed by atoms with Crippen molar-refractivity contribution in [3.05, 3.63) is 41.1 Å². The van der Waals surface area contributed by atoms with Crippen molar-refractivity contribution in [2.24, 2.45) is 0 Å². The lowest BCUT2D eigenvalue weighted by Gasteiger charge is -2.31. The van der Waals surface area contributed by atoms with Gasteiger partial charge < -0.3 is 14.7 Å². The van der Waals surface area contributed by atoms with Gasteiger partial charge in [0.1, 0.15) is 5.75 Å². The summed E-state index contributed by atoms with van der Waals surface area (Å²) in [5.74, 6) is -1.72. The molecule has 1 heterocycles. The van der Waals surface area contributed by atoms with Gasteiger partial charge in [-0.15, -0.1) is 0 Å². The third-order valence-corrected chi connectivity index (χ3v) is 4.00. The van der Waals surface area contributed by atoms with Crippen LogP contribution in [0.2, 0.25) is 0 Å². The molecule has 0 bridgehead atoms. The Balaban J connectivity index is 2.39. The van der Waals surface area contributed by atoms with E-state index in [1.165, 1.54) is 12.3 Å². The van der Waals surface area contributed by atoms with E-state index in [9.17, 15) is 23.1 Å². The van der Waals surface area contributed by atoms with Gasteiger partial charge in [0.25, 0.3) is 0 Å². The van der Waals surface area contributed by atoms with Gasteiger partial charge in [0, 0.05) is 46.0 Å². The number of benzene rings is 1. The second-order valence-electron chi connectivity index (χ2n) is 6.60. The van der Waals surface area contributed by atoms with E-state index in [2.05, 4.69) is 0 Å². The number of phenolic OH excluding ortho intramolecular Hbond substituents is 1. The molecule has 0 saturated carbocycles. The number of rotatable bonds is 5. The van der Waals surface area contributed by atoms with E-state index in [4.69, 9.17) is 4.74 Å². The van der Waals surface area contributed by atoms with E-state index in [1.54, 1.807) is 19.0 Å². The number of nitrogens with zero attached hydrogens (tertiary/aromatic N) is 2. The van der Waals surface area contributed by atoms with Gasteiger partial charge in [0.15, 0.2) is 5.78 Å². The van der Waals surface area contributed by atoms with Gasteiger partial charge in [-0.1, -0.05) is 0 Å². The first-order chi connectivity index (χ1) is 12.1. The first-order valence-corrected chi connectivity index (χ1v) is 8.24. The molecule has 0 amide bonds. The van der Waals surface area contributed by atoms with Crippen LogP contribution in [0.15, 0.2) is 24.4 Å². The van der Waals surface area contributed by atoms with Crippen molar-refractivity contribution >= 4 is 5.78 Å². The number of carbonyl (C=O) groups excluding carboxylic acids is 1. The molecule has 1 aliphatic heterocycles. The maximum atomic E-state index is 13.3. The van der Waals surface area contributed by atoms with Gasteiger partial charge in [-0.3, -0.25) is 9.69 Å². The summed E-state index contributed by atoms with van der Waals surface area (Å²) >= 11 is 0. The molecule has 1 N–H and O–H groups in total. The highest BCUT2D eigenvalue weighted by Crippen LogP contribution is 2.39. The Morgan fingerprint density at radius 2 is 2.12 bits per heavy atom. The summed E-state index contributed by atoms with van der Waals surface area (Å²) in [5, 5.41) is 10.0. The largest absolute Gasteiger partial charge is 0.507 e. The van der Waals surface area contributed by atoms with Crippen molar-refractivity contribution in [3.63, 3.8) is 0 Å². The fraction of sp³-hybridized carbons (Fsp3) is 0.500. The van der Waals surface area contributed by atoms with Crippen molar-refractivity contribution in [1.82, 2.24) is 9.80 Å². The predicted molar refractivity (Wildman–Crippen MR) is 91.0 cm³/mol. The number of ketones is 1. The van der Waals surface area contributed by atoms with Crippen molar-refractivity contribution in [2.75, 3.05) is 33.8 Å².